The van der Waals surface area contributed by atoms with Crippen molar-refractivity contribution in [3.8, 4) is 5.69 Å². The molecule has 0 unspecified atom stereocenters. The lowest BCUT2D eigenvalue weighted by Crippen LogP contribution is -2.38. The number of nitrogens with one attached hydrogen (secondary N) is 4. The molecule has 3 aromatic heterocycles. The Morgan fingerprint density at radius 1 is 0.930 bits per heavy atom. The maximum absolute atomic E-state index is 14.1. The molecule has 0 aliphatic rings. The third-order valence-corrected chi connectivity index (χ3v) is 7.71. The van der Waals surface area contributed by atoms with Crippen LogP contribution in [0.1, 0.15) is 50.4 Å². The number of fused-ring (bicyclic) bond motifs is 1. The topological polar surface area (TPSA) is 247 Å². The second-order valence-electron chi connectivity index (χ2n) is 13.4. The number of benzene rings is 1. The molecule has 19 nitrogen and oxygen atoms in total. The molecule has 0 aliphatic heterocycles. The first-order valence-corrected chi connectivity index (χ1v) is 17.4. The number of alkyl carbamates (subject to hydrolysis) is 1. The van der Waals surface area contributed by atoms with Crippen molar-refractivity contribution < 1.29 is 56.5 Å². The number of rotatable bonds is 17. The summed E-state index contributed by atoms with van der Waals surface area (Å²) in [6, 6.07) is 2.98. The summed E-state index contributed by atoms with van der Waals surface area (Å²) in [4.78, 5) is 90.4. The number of H-pyrrole nitrogens is 1. The molecule has 22 heteroatoms. The van der Waals surface area contributed by atoms with Gasteiger partial charge in [0.15, 0.2) is 0 Å². The molecule has 0 aliphatic carbocycles. The maximum atomic E-state index is 14.1. The van der Waals surface area contributed by atoms with Gasteiger partial charge in [-0.25, -0.2) is 19.1 Å². The number of nitrogens with zero attached hydrogens (tertiary/aromatic N) is 4. The van der Waals surface area contributed by atoms with Crippen LogP contribution in [-0.4, -0.2) is 97.3 Å². The first-order chi connectivity index (χ1) is 26.8. The van der Waals surface area contributed by atoms with Crippen LogP contribution in [0.5, 0.6) is 0 Å². The number of carbonyl (C=O) groups excluding carboxylic acids is 4. The Hall–Kier alpha value is -6.45. The van der Waals surface area contributed by atoms with Crippen LogP contribution >= 0.6 is 0 Å². The van der Waals surface area contributed by atoms with Crippen molar-refractivity contribution in [2.24, 2.45) is 0 Å². The van der Waals surface area contributed by atoms with Gasteiger partial charge in [-0.15, -0.1) is 0 Å². The quantitative estimate of drug-likeness (QED) is 0.0761. The highest BCUT2D eigenvalue weighted by molar-refractivity contribution is 5.84. The molecule has 1 aromatic carbocycles. The number of carboxylic acid groups (broad SMARTS) is 1. The smallest absolute Gasteiger partial charge is 0.419 e. The number of carbonyl (C=O) groups is 5. The zero-order valence-electron chi connectivity index (χ0n) is 31.1. The molecule has 0 fully saturated rings. The molecule has 0 radical (unpaired) electrons. The number of aliphatic carboxylic acids is 1. The highest BCUT2D eigenvalue weighted by Crippen LogP contribution is 2.36. The first kappa shape index (κ1) is 43.3. The van der Waals surface area contributed by atoms with Gasteiger partial charge in [0.25, 0.3) is 0 Å². The Morgan fingerprint density at radius 2 is 1.65 bits per heavy atom. The van der Waals surface area contributed by atoms with Crippen LogP contribution < -0.4 is 27.1 Å². The Kier molecular flexibility index (Phi) is 14.4. The monoisotopic (exact) mass is 806 g/mol. The van der Waals surface area contributed by atoms with Gasteiger partial charge >= 0.3 is 35.5 Å². The van der Waals surface area contributed by atoms with E-state index in [-0.39, 0.29) is 64.2 Å². The van der Waals surface area contributed by atoms with E-state index in [1.54, 1.807) is 20.8 Å². The van der Waals surface area contributed by atoms with Crippen LogP contribution in [0.2, 0.25) is 0 Å². The van der Waals surface area contributed by atoms with Crippen LogP contribution in [0.4, 0.5) is 22.8 Å². The molecule has 3 amide bonds. The number of ether oxygens (including phenoxy) is 3. The molecule has 3 heterocycles. The summed E-state index contributed by atoms with van der Waals surface area (Å²) < 4.78 is 60.5. The number of hydrogen-bond acceptors (Lipinski definition) is 11. The maximum Gasteiger partial charge on any atom is 0.419 e. The molecule has 0 atom stereocenters. The van der Waals surface area contributed by atoms with E-state index in [2.05, 4.69) is 25.9 Å². The van der Waals surface area contributed by atoms with Crippen molar-refractivity contribution in [3.05, 3.63) is 80.6 Å². The molecule has 4 aromatic rings. The lowest BCUT2D eigenvalue weighted by molar-refractivity contribution is -0.138. The van der Waals surface area contributed by atoms with Crippen LogP contribution in [0.15, 0.2) is 52.7 Å². The number of imidazole rings is 1. The van der Waals surface area contributed by atoms with E-state index < -0.39 is 76.2 Å². The molecule has 57 heavy (non-hydrogen) atoms. The molecule has 0 saturated carbocycles. The van der Waals surface area contributed by atoms with Crippen LogP contribution in [-0.2, 0) is 54.3 Å². The molecule has 308 valence electrons. The third kappa shape index (κ3) is 13.1. The molecule has 0 saturated heterocycles. The minimum atomic E-state index is -4.91. The third-order valence-electron chi connectivity index (χ3n) is 7.71. The predicted octanol–water partition coefficient (Wildman–Crippen LogP) is 2.06. The molecule has 0 spiro atoms. The Morgan fingerprint density at radius 3 is 2.33 bits per heavy atom. The van der Waals surface area contributed by atoms with Gasteiger partial charge in [0.2, 0.25) is 11.8 Å². The van der Waals surface area contributed by atoms with E-state index in [9.17, 15) is 51.8 Å². The fourth-order valence-corrected chi connectivity index (χ4v) is 5.17. The number of hydrogen-bond donors (Lipinski definition) is 5. The van der Waals surface area contributed by atoms with Gasteiger partial charge in [-0.2, -0.15) is 13.2 Å². The van der Waals surface area contributed by atoms with Gasteiger partial charge in [-0.05, 0) is 44.5 Å². The minimum absolute atomic E-state index is 0.0450. The van der Waals surface area contributed by atoms with E-state index in [0.29, 0.717) is 21.9 Å². The number of aromatic amines is 1. The Balaban J connectivity index is 1.18. The second-order valence-corrected chi connectivity index (χ2v) is 13.4. The van der Waals surface area contributed by atoms with E-state index in [0.717, 1.165) is 15.2 Å². The summed E-state index contributed by atoms with van der Waals surface area (Å²) in [5.74, 6) is -2.44. The number of carboxylic acids is 1. The lowest BCUT2D eigenvalue weighted by atomic mass is 10.1. The number of amides is 3. The van der Waals surface area contributed by atoms with Crippen LogP contribution in [0.25, 0.3) is 16.7 Å². The van der Waals surface area contributed by atoms with Gasteiger partial charge in [0, 0.05) is 57.5 Å². The summed E-state index contributed by atoms with van der Waals surface area (Å²) in [5.41, 5.74) is -4.57. The molecule has 0 bridgehead atoms. The zero-order chi connectivity index (χ0) is 41.9. The average Bonchev–Trinajstić information content (AvgIpc) is 3.80. The van der Waals surface area contributed by atoms with Crippen LogP contribution in [0.3, 0.4) is 0 Å². The normalized spacial score (nSPS) is 11.6. The van der Waals surface area contributed by atoms with Gasteiger partial charge in [-0.1, -0.05) is 0 Å². The van der Waals surface area contributed by atoms with Gasteiger partial charge in [0.1, 0.15) is 25.1 Å². The first-order valence-electron chi connectivity index (χ1n) is 17.4. The molecule has 4 rings (SSSR count). The SMILES string of the molecule is CC(C)(C)OC(=O)NCCOCCOC(=O)n1cnc(CCNC(=O)CCC(=O)NCc2ccn(-c3cc4c(cc3C(F)(F)F)[nH]c(=O)c(=O)n4CC(=O)O)c2)c1. The summed E-state index contributed by atoms with van der Waals surface area (Å²) in [6.45, 7) is 4.76. The fourth-order valence-electron chi connectivity index (χ4n) is 5.17. The highest BCUT2D eigenvalue weighted by atomic mass is 19.4. The zero-order valence-corrected chi connectivity index (χ0v) is 31.1. The fraction of sp³-hybridized carbons (Fsp3) is 0.429. The highest BCUT2D eigenvalue weighted by Gasteiger charge is 2.35. The Bertz CT molecular complexity index is 2220. The Labute approximate surface area is 321 Å². The van der Waals surface area contributed by atoms with E-state index in [1.165, 1.54) is 31.0 Å². The predicted molar refractivity (Wildman–Crippen MR) is 193 cm³/mol. The standard InChI is InChI=1S/C35H41F3N8O11/c1-34(2,3)57-32(53)40-9-11-55-12-13-56-33(54)45-18-22(42-20-45)6-8-39-27(47)4-5-28(48)41-16-21-7-10-44(17-21)25-15-26-24(14-23(25)35(36,37)38)43-30(51)31(52)46(26)19-29(49)50/h7,10,14-15,17-18,20H,4-6,8-9,11-13,16,19H2,1-3H3,(H,39,47)(H,40,53)(H,41,48)(H,43,51)(H,49,50). The molecular formula is C35H41F3N8O11. The van der Waals surface area contributed by atoms with E-state index in [4.69, 9.17) is 14.2 Å². The molecular weight excluding hydrogens is 765 g/mol. The van der Waals surface area contributed by atoms with Crippen LogP contribution in [0, 0.1) is 0 Å². The van der Waals surface area contributed by atoms with Crippen molar-refractivity contribution in [1.82, 2.24) is 39.6 Å². The summed E-state index contributed by atoms with van der Waals surface area (Å²) >= 11 is 0. The van der Waals surface area contributed by atoms with E-state index in [1.807, 2.05) is 0 Å². The summed E-state index contributed by atoms with van der Waals surface area (Å²) in [5, 5.41) is 17.0. The average molecular weight is 807 g/mol. The van der Waals surface area contributed by atoms with Gasteiger partial charge < -0.3 is 44.8 Å². The van der Waals surface area contributed by atoms with Crippen molar-refractivity contribution in [1.29, 1.82) is 0 Å². The number of alkyl halides is 3. The van der Waals surface area contributed by atoms with Crippen molar-refractivity contribution in [2.75, 3.05) is 32.9 Å². The lowest BCUT2D eigenvalue weighted by Gasteiger charge is -2.19. The minimum Gasteiger partial charge on any atom is -0.480 e. The second kappa shape index (κ2) is 18.9. The van der Waals surface area contributed by atoms with Crippen molar-refractivity contribution in [3.63, 3.8) is 0 Å². The van der Waals surface area contributed by atoms with Crippen molar-refractivity contribution >= 4 is 41.0 Å². The number of halogens is 3. The van der Waals surface area contributed by atoms with Gasteiger partial charge in [0.05, 0.1) is 41.2 Å². The molecule has 5 N–H and O–H groups in total. The summed E-state index contributed by atoms with van der Waals surface area (Å²) in [6.07, 6.45) is -1.01. The van der Waals surface area contributed by atoms with Crippen molar-refractivity contribution in [2.45, 2.75) is 64.9 Å². The van der Waals surface area contributed by atoms with E-state index >= 15 is 0 Å². The summed E-state index contributed by atoms with van der Waals surface area (Å²) in [7, 11) is 0. The van der Waals surface area contributed by atoms with Gasteiger partial charge in [-0.3, -0.25) is 28.5 Å². The number of aromatic nitrogens is 5. The largest absolute Gasteiger partial charge is 0.480 e.